The molecule has 1 aromatic heterocycles. The van der Waals surface area contributed by atoms with Crippen LogP contribution in [0.3, 0.4) is 0 Å². The van der Waals surface area contributed by atoms with Crippen LogP contribution in [-0.2, 0) is 4.74 Å². The van der Waals surface area contributed by atoms with Gasteiger partial charge >= 0.3 is 5.97 Å². The molecule has 1 aromatic carbocycles. The molecule has 0 radical (unpaired) electrons. The van der Waals surface area contributed by atoms with Crippen molar-refractivity contribution in [1.29, 1.82) is 5.26 Å². The van der Waals surface area contributed by atoms with Crippen molar-refractivity contribution in [1.82, 2.24) is 9.78 Å². The van der Waals surface area contributed by atoms with Crippen LogP contribution >= 0.6 is 15.9 Å². The number of methoxy groups -OCH3 is 1. The molecular formula is C19H20BrN5O3. The summed E-state index contributed by atoms with van der Waals surface area (Å²) in [7, 11) is 1.31. The zero-order chi connectivity index (χ0) is 20.3. The van der Waals surface area contributed by atoms with Crippen molar-refractivity contribution in [2.24, 2.45) is 11.7 Å². The molecule has 0 bridgehead atoms. The van der Waals surface area contributed by atoms with Crippen molar-refractivity contribution >= 4 is 39.3 Å². The van der Waals surface area contributed by atoms with Crippen LogP contribution in [0.2, 0.25) is 0 Å². The number of ether oxygens (including phenoxy) is 1. The summed E-state index contributed by atoms with van der Waals surface area (Å²) in [5, 5.41) is 17.0. The van der Waals surface area contributed by atoms with Gasteiger partial charge in [0, 0.05) is 16.4 Å². The first-order chi connectivity index (χ1) is 13.4. The highest BCUT2D eigenvalue weighted by molar-refractivity contribution is 9.10. The van der Waals surface area contributed by atoms with Crippen LogP contribution in [0.4, 0.5) is 11.5 Å². The van der Waals surface area contributed by atoms with Gasteiger partial charge < -0.3 is 15.8 Å². The number of halogens is 1. The molecule has 0 unspecified atom stereocenters. The molecule has 146 valence electrons. The Morgan fingerprint density at radius 2 is 2.11 bits per heavy atom. The summed E-state index contributed by atoms with van der Waals surface area (Å²) in [5.41, 5.74) is 6.77. The smallest absolute Gasteiger partial charge is 0.339 e. The highest BCUT2D eigenvalue weighted by Gasteiger charge is 2.29. The maximum Gasteiger partial charge on any atom is 0.339 e. The minimum atomic E-state index is -0.608. The van der Waals surface area contributed by atoms with Crippen LogP contribution in [0, 0.1) is 17.2 Å². The Bertz CT molecular complexity index is 950. The summed E-state index contributed by atoms with van der Waals surface area (Å²) in [6.07, 6.45) is 5.28. The lowest BCUT2D eigenvalue weighted by molar-refractivity contribution is 0.0599. The zero-order valence-electron chi connectivity index (χ0n) is 15.3. The first kappa shape index (κ1) is 19.9. The van der Waals surface area contributed by atoms with Crippen LogP contribution in [-0.4, -0.2) is 28.8 Å². The van der Waals surface area contributed by atoms with Gasteiger partial charge in [0.05, 0.1) is 30.7 Å². The maximum absolute atomic E-state index is 11.9. The summed E-state index contributed by atoms with van der Waals surface area (Å²) < 4.78 is 6.94. The molecule has 2 aromatic rings. The van der Waals surface area contributed by atoms with Gasteiger partial charge in [0.1, 0.15) is 5.56 Å². The molecule has 1 fully saturated rings. The SMILES string of the molecule is COC(=O)c1ccc(Nc2nn([C@H]3CCCC[C@@H]3C#N)cc2C(N)=O)cc1Br. The van der Waals surface area contributed by atoms with Crippen LogP contribution in [0.1, 0.15) is 52.4 Å². The number of carbonyl (C=O) groups is 2. The number of nitrogens with one attached hydrogen (secondary N) is 1. The second-order valence-corrected chi connectivity index (χ2v) is 7.49. The lowest BCUT2D eigenvalue weighted by atomic mass is 9.85. The summed E-state index contributed by atoms with van der Waals surface area (Å²) >= 11 is 3.34. The number of amides is 1. The number of rotatable bonds is 5. The van der Waals surface area contributed by atoms with Gasteiger partial charge in [0.15, 0.2) is 5.82 Å². The third-order valence-electron chi connectivity index (χ3n) is 4.87. The van der Waals surface area contributed by atoms with Gasteiger partial charge in [0.2, 0.25) is 0 Å². The van der Waals surface area contributed by atoms with Gasteiger partial charge in [-0.1, -0.05) is 12.8 Å². The third kappa shape index (κ3) is 4.02. The maximum atomic E-state index is 11.9. The van der Waals surface area contributed by atoms with Gasteiger partial charge in [-0.15, -0.1) is 0 Å². The van der Waals surface area contributed by atoms with Crippen molar-refractivity contribution < 1.29 is 14.3 Å². The first-order valence-corrected chi connectivity index (χ1v) is 9.67. The molecule has 1 aliphatic carbocycles. The molecule has 1 heterocycles. The fourth-order valence-electron chi connectivity index (χ4n) is 3.42. The van der Waals surface area contributed by atoms with Crippen LogP contribution in [0.25, 0.3) is 0 Å². The Morgan fingerprint density at radius 3 is 2.75 bits per heavy atom. The normalized spacial score (nSPS) is 18.9. The number of esters is 1. The molecule has 0 aliphatic heterocycles. The lowest BCUT2D eigenvalue weighted by Crippen LogP contribution is -2.22. The van der Waals surface area contributed by atoms with Gasteiger partial charge in [0.25, 0.3) is 5.91 Å². The van der Waals surface area contributed by atoms with E-state index in [2.05, 4.69) is 32.4 Å². The highest BCUT2D eigenvalue weighted by Crippen LogP contribution is 2.34. The molecule has 1 saturated carbocycles. The fraction of sp³-hybridized carbons (Fsp3) is 0.368. The Hall–Kier alpha value is -2.86. The number of aromatic nitrogens is 2. The minimum absolute atomic E-state index is 0.0826. The molecule has 3 rings (SSSR count). The standard InChI is InChI=1S/C19H20BrN5O3/c1-28-19(27)13-7-6-12(8-15(13)20)23-18-14(17(22)26)10-25(24-18)16-5-3-2-4-11(16)9-21/h6-8,10-11,16H,2-5H2,1H3,(H2,22,26)(H,23,24)/t11-,16+/m1/s1. The predicted octanol–water partition coefficient (Wildman–Crippen LogP) is 3.53. The Balaban J connectivity index is 1.91. The minimum Gasteiger partial charge on any atom is -0.465 e. The largest absolute Gasteiger partial charge is 0.465 e. The number of nitrogens with two attached hydrogens (primary N) is 1. The van der Waals surface area contributed by atoms with E-state index in [4.69, 9.17) is 10.5 Å². The van der Waals surface area contributed by atoms with Crippen molar-refractivity contribution in [2.45, 2.75) is 31.7 Å². The monoisotopic (exact) mass is 445 g/mol. The fourth-order valence-corrected chi connectivity index (χ4v) is 3.96. The highest BCUT2D eigenvalue weighted by atomic mass is 79.9. The van der Waals surface area contributed by atoms with E-state index in [1.807, 2.05) is 0 Å². The quantitative estimate of drug-likeness (QED) is 0.678. The topological polar surface area (TPSA) is 123 Å². The Kier molecular flexibility index (Phi) is 5.99. The van der Waals surface area contributed by atoms with E-state index in [1.165, 1.54) is 7.11 Å². The molecule has 1 aliphatic rings. The van der Waals surface area contributed by atoms with Gasteiger partial charge in [-0.05, 0) is 47.0 Å². The molecule has 2 atom stereocenters. The molecule has 8 nitrogen and oxygen atoms in total. The number of nitriles is 1. The Morgan fingerprint density at radius 1 is 1.36 bits per heavy atom. The average molecular weight is 446 g/mol. The summed E-state index contributed by atoms with van der Waals surface area (Å²) in [4.78, 5) is 23.6. The van der Waals surface area contributed by atoms with Gasteiger partial charge in [-0.2, -0.15) is 10.4 Å². The van der Waals surface area contributed by atoms with Crippen molar-refractivity contribution in [3.63, 3.8) is 0 Å². The van der Waals surface area contributed by atoms with E-state index in [0.717, 1.165) is 25.7 Å². The van der Waals surface area contributed by atoms with Crippen LogP contribution in [0.5, 0.6) is 0 Å². The third-order valence-corrected chi connectivity index (χ3v) is 5.53. The molecule has 0 spiro atoms. The molecule has 1 amide bonds. The van der Waals surface area contributed by atoms with E-state index in [1.54, 1.807) is 29.1 Å². The number of primary amides is 1. The van der Waals surface area contributed by atoms with E-state index >= 15 is 0 Å². The average Bonchev–Trinajstić information content (AvgIpc) is 3.11. The number of carbonyl (C=O) groups excluding carboxylic acids is 2. The molecule has 9 heteroatoms. The van der Waals surface area contributed by atoms with Crippen LogP contribution < -0.4 is 11.1 Å². The predicted molar refractivity (Wildman–Crippen MR) is 106 cm³/mol. The summed E-state index contributed by atoms with van der Waals surface area (Å²) in [5.74, 6) is -0.896. The molecule has 0 saturated heterocycles. The number of hydrogen-bond acceptors (Lipinski definition) is 6. The second kappa shape index (κ2) is 8.44. The van der Waals surface area contributed by atoms with E-state index in [-0.39, 0.29) is 17.5 Å². The van der Waals surface area contributed by atoms with Gasteiger partial charge in [-0.3, -0.25) is 9.48 Å². The number of nitrogens with zero attached hydrogens (tertiary/aromatic N) is 3. The first-order valence-electron chi connectivity index (χ1n) is 8.88. The van der Waals surface area contributed by atoms with Crippen molar-refractivity contribution in [2.75, 3.05) is 12.4 Å². The van der Waals surface area contributed by atoms with E-state index in [0.29, 0.717) is 21.5 Å². The van der Waals surface area contributed by atoms with Gasteiger partial charge in [-0.25, -0.2) is 4.79 Å². The van der Waals surface area contributed by atoms with E-state index < -0.39 is 11.9 Å². The van der Waals surface area contributed by atoms with Crippen molar-refractivity contribution in [3.05, 3.63) is 40.0 Å². The molecular weight excluding hydrogens is 426 g/mol. The van der Waals surface area contributed by atoms with Crippen LogP contribution in [0.15, 0.2) is 28.9 Å². The number of benzene rings is 1. The number of anilines is 2. The van der Waals surface area contributed by atoms with E-state index in [9.17, 15) is 14.9 Å². The summed E-state index contributed by atoms with van der Waals surface area (Å²) in [6.45, 7) is 0. The van der Waals surface area contributed by atoms with Crippen molar-refractivity contribution in [3.8, 4) is 6.07 Å². The summed E-state index contributed by atoms with van der Waals surface area (Å²) in [6, 6.07) is 7.23. The zero-order valence-corrected chi connectivity index (χ0v) is 16.9. The molecule has 28 heavy (non-hydrogen) atoms. The molecule has 3 N–H and O–H groups in total. The second-order valence-electron chi connectivity index (χ2n) is 6.63. The Labute approximate surface area is 170 Å². The lowest BCUT2D eigenvalue weighted by Gasteiger charge is -2.26. The number of hydrogen-bond donors (Lipinski definition) is 2.